The smallest absolute Gasteiger partial charge is 0.127 e. The van der Waals surface area contributed by atoms with E-state index in [1.807, 2.05) is 19.1 Å². The number of halogens is 2. The molecule has 2 aromatic carbocycles. The van der Waals surface area contributed by atoms with Gasteiger partial charge in [-0.05, 0) is 49.2 Å². The van der Waals surface area contributed by atoms with E-state index >= 15 is 0 Å². The monoisotopic (exact) mass is 307 g/mol. The summed E-state index contributed by atoms with van der Waals surface area (Å²) in [6.45, 7) is 2.80. The zero-order valence-electron chi connectivity index (χ0n) is 11.9. The molecule has 0 amide bonds. The molecule has 4 heteroatoms. The van der Waals surface area contributed by atoms with Crippen LogP contribution in [-0.4, -0.2) is 17.7 Å². The lowest BCUT2D eigenvalue weighted by molar-refractivity contribution is 0.471. The van der Waals surface area contributed by atoms with Crippen LogP contribution in [0.15, 0.2) is 42.5 Å². The van der Waals surface area contributed by atoms with Crippen LogP contribution in [0, 0.1) is 5.82 Å². The average Bonchev–Trinajstić information content (AvgIpc) is 2.43. The Morgan fingerprint density at radius 1 is 1.19 bits per heavy atom. The molecular weight excluding hydrogens is 289 g/mol. The Kier molecular flexibility index (Phi) is 5.59. The first-order chi connectivity index (χ1) is 10.1. The van der Waals surface area contributed by atoms with E-state index in [1.165, 1.54) is 6.07 Å². The first kappa shape index (κ1) is 15.8. The highest BCUT2D eigenvalue weighted by atomic mass is 35.5. The van der Waals surface area contributed by atoms with E-state index in [0.717, 1.165) is 12.1 Å². The van der Waals surface area contributed by atoms with Crippen molar-refractivity contribution in [2.45, 2.75) is 25.8 Å². The first-order valence-electron chi connectivity index (χ1n) is 7.04. The maximum Gasteiger partial charge on any atom is 0.127 e. The Labute approximate surface area is 129 Å². The van der Waals surface area contributed by atoms with Crippen molar-refractivity contribution < 1.29 is 9.50 Å². The Morgan fingerprint density at radius 2 is 1.95 bits per heavy atom. The van der Waals surface area contributed by atoms with Gasteiger partial charge in [0.1, 0.15) is 11.6 Å². The average molecular weight is 308 g/mol. The second-order valence-electron chi connectivity index (χ2n) is 5.03. The van der Waals surface area contributed by atoms with Crippen LogP contribution >= 0.6 is 11.6 Å². The molecule has 0 fully saturated rings. The van der Waals surface area contributed by atoms with Crippen molar-refractivity contribution in [3.63, 3.8) is 0 Å². The van der Waals surface area contributed by atoms with Crippen LogP contribution in [0.25, 0.3) is 0 Å². The fourth-order valence-electron chi connectivity index (χ4n) is 2.45. The molecule has 0 aliphatic heterocycles. The molecule has 0 bridgehead atoms. The van der Waals surface area contributed by atoms with Crippen molar-refractivity contribution in [1.29, 1.82) is 0 Å². The summed E-state index contributed by atoms with van der Waals surface area (Å²) in [5, 5.41) is 13.3. The number of hydrogen-bond acceptors (Lipinski definition) is 2. The summed E-state index contributed by atoms with van der Waals surface area (Å²) in [4.78, 5) is 0. The largest absolute Gasteiger partial charge is 0.508 e. The molecule has 0 aliphatic rings. The van der Waals surface area contributed by atoms with Gasteiger partial charge in [0, 0.05) is 16.6 Å². The summed E-state index contributed by atoms with van der Waals surface area (Å²) in [5.41, 5.74) is 1.54. The van der Waals surface area contributed by atoms with E-state index in [-0.39, 0.29) is 17.6 Å². The predicted octanol–water partition coefficient (Wildman–Crippen LogP) is 3.95. The second kappa shape index (κ2) is 7.43. The quantitative estimate of drug-likeness (QED) is 0.847. The van der Waals surface area contributed by atoms with Crippen molar-refractivity contribution in [3.8, 4) is 5.75 Å². The highest BCUT2D eigenvalue weighted by molar-refractivity contribution is 6.31. The fraction of sp³-hybridized carbons (Fsp3) is 0.294. The van der Waals surface area contributed by atoms with E-state index in [1.54, 1.807) is 24.3 Å². The van der Waals surface area contributed by atoms with Gasteiger partial charge < -0.3 is 10.4 Å². The molecular formula is C17H19ClFNO. The van der Waals surface area contributed by atoms with Gasteiger partial charge >= 0.3 is 0 Å². The van der Waals surface area contributed by atoms with Gasteiger partial charge in [0.15, 0.2) is 0 Å². The number of nitrogens with one attached hydrogen (secondary N) is 1. The van der Waals surface area contributed by atoms with Crippen molar-refractivity contribution in [2.75, 3.05) is 6.54 Å². The Morgan fingerprint density at radius 3 is 2.62 bits per heavy atom. The third-order valence-electron chi connectivity index (χ3n) is 3.40. The molecule has 0 aliphatic carbocycles. The molecule has 21 heavy (non-hydrogen) atoms. The normalized spacial score (nSPS) is 12.3. The lowest BCUT2D eigenvalue weighted by atomic mass is 9.98. The predicted molar refractivity (Wildman–Crippen MR) is 84.4 cm³/mol. The molecule has 0 heterocycles. The van der Waals surface area contributed by atoms with Crippen molar-refractivity contribution in [3.05, 3.63) is 64.4 Å². The molecule has 2 rings (SSSR count). The van der Waals surface area contributed by atoms with Gasteiger partial charge in [-0.25, -0.2) is 4.39 Å². The molecule has 0 saturated carbocycles. The van der Waals surface area contributed by atoms with Gasteiger partial charge in [0.05, 0.1) is 0 Å². The van der Waals surface area contributed by atoms with Gasteiger partial charge in [0.2, 0.25) is 0 Å². The standard InChI is InChI=1S/C17H19ClFNO/c1-2-20-13(9-12-5-3-6-14(21)10-12)11-15-16(18)7-4-8-17(15)19/h3-8,10,13,20-21H,2,9,11H2,1H3. The number of phenolic OH excluding ortho intramolecular Hbond substituents is 1. The molecule has 2 nitrogen and oxygen atoms in total. The van der Waals surface area contributed by atoms with Gasteiger partial charge in [0.25, 0.3) is 0 Å². The summed E-state index contributed by atoms with van der Waals surface area (Å²) in [7, 11) is 0. The Balaban J connectivity index is 2.16. The molecule has 0 saturated heterocycles. The Bertz CT molecular complexity index is 583. The van der Waals surface area contributed by atoms with Crippen molar-refractivity contribution >= 4 is 11.6 Å². The molecule has 0 aromatic heterocycles. The van der Waals surface area contributed by atoms with E-state index in [0.29, 0.717) is 23.4 Å². The molecule has 2 aromatic rings. The third-order valence-corrected chi connectivity index (χ3v) is 3.75. The molecule has 2 N–H and O–H groups in total. The van der Waals surface area contributed by atoms with Crippen LogP contribution < -0.4 is 5.32 Å². The van der Waals surface area contributed by atoms with Gasteiger partial charge in [-0.15, -0.1) is 0 Å². The maximum atomic E-state index is 13.9. The summed E-state index contributed by atoms with van der Waals surface area (Å²) < 4.78 is 13.9. The summed E-state index contributed by atoms with van der Waals surface area (Å²) in [6, 6.07) is 11.9. The van der Waals surface area contributed by atoms with Gasteiger partial charge in [-0.3, -0.25) is 0 Å². The summed E-state index contributed by atoms with van der Waals surface area (Å²) in [6.07, 6.45) is 1.21. The third kappa shape index (κ3) is 4.45. The number of hydrogen-bond donors (Lipinski definition) is 2. The minimum Gasteiger partial charge on any atom is -0.508 e. The number of benzene rings is 2. The van der Waals surface area contributed by atoms with Crippen LogP contribution in [0.3, 0.4) is 0 Å². The SMILES string of the molecule is CCNC(Cc1cccc(O)c1)Cc1c(F)cccc1Cl. The molecule has 0 spiro atoms. The van der Waals surface area contributed by atoms with Crippen LogP contribution in [0.5, 0.6) is 5.75 Å². The maximum absolute atomic E-state index is 13.9. The van der Waals surface area contributed by atoms with E-state index in [2.05, 4.69) is 5.32 Å². The number of rotatable bonds is 6. The number of aromatic hydroxyl groups is 1. The Hall–Kier alpha value is -1.58. The zero-order valence-corrected chi connectivity index (χ0v) is 12.7. The minimum atomic E-state index is -0.277. The van der Waals surface area contributed by atoms with Crippen molar-refractivity contribution in [1.82, 2.24) is 5.32 Å². The van der Waals surface area contributed by atoms with E-state index in [9.17, 15) is 9.50 Å². The van der Waals surface area contributed by atoms with E-state index < -0.39 is 0 Å². The number of likely N-dealkylation sites (N-methyl/N-ethyl adjacent to an activating group) is 1. The zero-order chi connectivity index (χ0) is 15.2. The van der Waals surface area contributed by atoms with Crippen LogP contribution in [0.4, 0.5) is 4.39 Å². The van der Waals surface area contributed by atoms with Crippen molar-refractivity contribution in [2.24, 2.45) is 0 Å². The van der Waals surface area contributed by atoms with Gasteiger partial charge in [-0.1, -0.05) is 36.7 Å². The minimum absolute atomic E-state index is 0.0613. The lowest BCUT2D eigenvalue weighted by Crippen LogP contribution is -2.33. The molecule has 1 unspecified atom stereocenters. The highest BCUT2D eigenvalue weighted by Gasteiger charge is 2.15. The van der Waals surface area contributed by atoms with Crippen LogP contribution in [-0.2, 0) is 12.8 Å². The molecule has 0 radical (unpaired) electrons. The lowest BCUT2D eigenvalue weighted by Gasteiger charge is -2.19. The summed E-state index contributed by atoms with van der Waals surface area (Å²) in [5.74, 6) is -0.0343. The molecule has 1 atom stereocenters. The topological polar surface area (TPSA) is 32.3 Å². The van der Waals surface area contributed by atoms with Gasteiger partial charge in [-0.2, -0.15) is 0 Å². The van der Waals surface area contributed by atoms with E-state index in [4.69, 9.17) is 11.6 Å². The van der Waals surface area contributed by atoms with Crippen LogP contribution in [0.1, 0.15) is 18.1 Å². The number of phenols is 1. The highest BCUT2D eigenvalue weighted by Crippen LogP contribution is 2.22. The van der Waals surface area contributed by atoms with Crippen LogP contribution in [0.2, 0.25) is 5.02 Å². The second-order valence-corrected chi connectivity index (χ2v) is 5.44. The molecule has 112 valence electrons. The summed E-state index contributed by atoms with van der Waals surface area (Å²) >= 11 is 6.09. The fourth-order valence-corrected chi connectivity index (χ4v) is 2.69. The first-order valence-corrected chi connectivity index (χ1v) is 7.42.